The highest BCUT2D eigenvalue weighted by Gasteiger charge is 2.28. The van der Waals surface area contributed by atoms with Gasteiger partial charge in [-0.2, -0.15) is 13.2 Å². The molecule has 1 aliphatic rings. The first kappa shape index (κ1) is 19.9. The molecule has 0 unspecified atom stereocenters. The Morgan fingerprint density at radius 1 is 1.22 bits per heavy atom. The van der Waals surface area contributed by atoms with Crippen LogP contribution in [0.15, 0.2) is 4.34 Å². The minimum absolute atomic E-state index is 0.0192. The molecule has 0 saturated carbocycles. The van der Waals surface area contributed by atoms with Crippen LogP contribution in [0.3, 0.4) is 0 Å². The minimum Gasteiger partial charge on any atom is -0.365 e. The number of nitrogens with two attached hydrogens (primary N) is 1. The fraction of sp³-hybridized carbons (Fsp3) is 0.429. The lowest BCUT2D eigenvalue weighted by molar-refractivity contribution is -0.115. The SMILES string of the molecule is NC(=O)c1c(NC(=O)CSc2nnc(NCC(F)(F)F)s2)sc2c1CCC2. The van der Waals surface area contributed by atoms with E-state index in [1.807, 2.05) is 0 Å². The fourth-order valence-electron chi connectivity index (χ4n) is 2.56. The van der Waals surface area contributed by atoms with Crippen molar-refractivity contribution in [3.05, 3.63) is 16.0 Å². The van der Waals surface area contributed by atoms with Crippen molar-refractivity contribution in [2.45, 2.75) is 29.8 Å². The molecule has 27 heavy (non-hydrogen) atoms. The summed E-state index contributed by atoms with van der Waals surface area (Å²) in [4.78, 5) is 24.9. The van der Waals surface area contributed by atoms with Crippen LogP contribution in [0.4, 0.5) is 23.3 Å². The fourth-order valence-corrected chi connectivity index (χ4v) is 5.42. The number of nitrogens with zero attached hydrogens (tertiary/aromatic N) is 2. The number of thioether (sulfide) groups is 1. The summed E-state index contributed by atoms with van der Waals surface area (Å²) in [6, 6.07) is 0. The molecule has 4 N–H and O–H groups in total. The molecule has 3 rings (SSSR count). The second kappa shape index (κ2) is 8.02. The number of hydrogen-bond donors (Lipinski definition) is 3. The van der Waals surface area contributed by atoms with E-state index in [1.165, 1.54) is 11.3 Å². The maximum Gasteiger partial charge on any atom is 0.405 e. The summed E-state index contributed by atoms with van der Waals surface area (Å²) >= 11 is 3.33. The number of carbonyl (C=O) groups is 2. The molecule has 2 heterocycles. The van der Waals surface area contributed by atoms with Crippen molar-refractivity contribution in [3.8, 4) is 0 Å². The number of aryl methyl sites for hydroxylation is 1. The number of nitrogens with one attached hydrogen (secondary N) is 2. The molecule has 0 radical (unpaired) electrons. The molecule has 13 heteroatoms. The lowest BCUT2D eigenvalue weighted by Gasteiger charge is -2.05. The summed E-state index contributed by atoms with van der Waals surface area (Å²) < 4.78 is 36.8. The Morgan fingerprint density at radius 2 is 2.00 bits per heavy atom. The summed E-state index contributed by atoms with van der Waals surface area (Å²) in [7, 11) is 0. The quantitative estimate of drug-likeness (QED) is 0.575. The number of aromatic nitrogens is 2. The summed E-state index contributed by atoms with van der Waals surface area (Å²) in [5.74, 6) is -0.946. The topological polar surface area (TPSA) is 110 Å². The first-order valence-corrected chi connectivity index (χ1v) is 10.4. The van der Waals surface area contributed by atoms with Crippen LogP contribution in [0.25, 0.3) is 0 Å². The molecule has 0 aromatic carbocycles. The molecular weight excluding hydrogens is 423 g/mol. The summed E-state index contributed by atoms with van der Waals surface area (Å²) in [6.45, 7) is -1.20. The van der Waals surface area contributed by atoms with E-state index in [9.17, 15) is 22.8 Å². The highest BCUT2D eigenvalue weighted by molar-refractivity contribution is 8.01. The van der Waals surface area contributed by atoms with Gasteiger partial charge in [0, 0.05) is 4.88 Å². The van der Waals surface area contributed by atoms with Gasteiger partial charge in [-0.15, -0.1) is 21.5 Å². The van der Waals surface area contributed by atoms with Gasteiger partial charge >= 0.3 is 6.18 Å². The molecule has 2 amide bonds. The number of hydrogen-bond acceptors (Lipinski definition) is 8. The molecule has 146 valence electrons. The van der Waals surface area contributed by atoms with E-state index < -0.39 is 18.6 Å². The second-order valence-corrected chi connectivity index (χ2v) is 8.91. The number of primary amides is 1. The van der Waals surface area contributed by atoms with Crippen molar-refractivity contribution in [2.24, 2.45) is 5.73 Å². The van der Waals surface area contributed by atoms with Crippen LogP contribution in [0.1, 0.15) is 27.2 Å². The number of anilines is 2. The average molecular weight is 437 g/mol. The first-order chi connectivity index (χ1) is 12.7. The number of carbonyl (C=O) groups excluding carboxylic acids is 2. The molecule has 0 atom stereocenters. The predicted molar refractivity (Wildman–Crippen MR) is 98.7 cm³/mol. The maximum absolute atomic E-state index is 12.2. The summed E-state index contributed by atoms with van der Waals surface area (Å²) in [6.07, 6.45) is -1.75. The van der Waals surface area contributed by atoms with E-state index in [0.717, 1.165) is 52.8 Å². The van der Waals surface area contributed by atoms with Crippen molar-refractivity contribution >= 4 is 56.4 Å². The van der Waals surface area contributed by atoms with Gasteiger partial charge in [0.15, 0.2) is 4.34 Å². The highest BCUT2D eigenvalue weighted by Crippen LogP contribution is 2.39. The van der Waals surface area contributed by atoms with Gasteiger partial charge in [-0.1, -0.05) is 23.1 Å². The molecule has 0 aliphatic heterocycles. The van der Waals surface area contributed by atoms with Crippen LogP contribution in [0.5, 0.6) is 0 Å². The van der Waals surface area contributed by atoms with Crippen LogP contribution < -0.4 is 16.4 Å². The zero-order valence-corrected chi connectivity index (χ0v) is 16.1. The van der Waals surface area contributed by atoms with Gasteiger partial charge in [-0.3, -0.25) is 9.59 Å². The minimum atomic E-state index is -4.35. The Labute approximate surface area is 163 Å². The number of halogens is 3. The number of thiophene rings is 1. The first-order valence-electron chi connectivity index (χ1n) is 7.74. The van der Waals surface area contributed by atoms with Crippen molar-refractivity contribution in [3.63, 3.8) is 0 Å². The molecule has 2 aromatic rings. The van der Waals surface area contributed by atoms with Crippen LogP contribution in [0.2, 0.25) is 0 Å². The third-order valence-electron chi connectivity index (χ3n) is 3.59. The molecule has 0 saturated heterocycles. The van der Waals surface area contributed by atoms with Gasteiger partial charge in [0.1, 0.15) is 11.5 Å². The number of alkyl halides is 3. The zero-order chi connectivity index (χ0) is 19.6. The smallest absolute Gasteiger partial charge is 0.365 e. The van der Waals surface area contributed by atoms with Crippen LogP contribution in [-0.2, 0) is 17.6 Å². The Morgan fingerprint density at radius 3 is 2.70 bits per heavy atom. The maximum atomic E-state index is 12.2. The molecule has 2 aromatic heterocycles. The Hall–Kier alpha value is -1.86. The van der Waals surface area contributed by atoms with Gasteiger partial charge in [0.25, 0.3) is 5.91 Å². The monoisotopic (exact) mass is 437 g/mol. The van der Waals surface area contributed by atoms with Crippen molar-refractivity contribution in [1.82, 2.24) is 10.2 Å². The van der Waals surface area contributed by atoms with Gasteiger partial charge in [-0.05, 0) is 24.8 Å². The molecule has 0 spiro atoms. The predicted octanol–water partition coefficient (Wildman–Crippen LogP) is 2.89. The van der Waals surface area contributed by atoms with E-state index in [1.54, 1.807) is 0 Å². The Kier molecular flexibility index (Phi) is 5.91. The summed E-state index contributed by atoms with van der Waals surface area (Å²) in [5, 5.41) is 12.6. The van der Waals surface area contributed by atoms with E-state index in [2.05, 4.69) is 20.8 Å². The summed E-state index contributed by atoms with van der Waals surface area (Å²) in [5.41, 5.74) is 6.73. The Bertz CT molecular complexity index is 865. The molecule has 0 bridgehead atoms. The van der Waals surface area contributed by atoms with Crippen molar-refractivity contribution in [2.75, 3.05) is 22.9 Å². The molecule has 1 aliphatic carbocycles. The largest absolute Gasteiger partial charge is 0.405 e. The molecule has 7 nitrogen and oxygen atoms in total. The molecule has 0 fully saturated rings. The number of fused-ring (bicyclic) bond motifs is 1. The van der Waals surface area contributed by atoms with E-state index in [4.69, 9.17) is 5.73 Å². The van der Waals surface area contributed by atoms with Crippen LogP contribution in [-0.4, -0.2) is 40.5 Å². The van der Waals surface area contributed by atoms with Crippen molar-refractivity contribution < 1.29 is 22.8 Å². The van der Waals surface area contributed by atoms with Crippen molar-refractivity contribution in [1.29, 1.82) is 0 Å². The Balaban J connectivity index is 1.55. The second-order valence-electron chi connectivity index (χ2n) is 5.60. The lowest BCUT2D eigenvalue weighted by atomic mass is 10.1. The van der Waals surface area contributed by atoms with Crippen LogP contribution in [0, 0.1) is 0 Å². The van der Waals surface area contributed by atoms with E-state index in [0.29, 0.717) is 14.9 Å². The van der Waals surface area contributed by atoms with Crippen LogP contribution >= 0.6 is 34.4 Å². The highest BCUT2D eigenvalue weighted by atomic mass is 32.2. The van der Waals surface area contributed by atoms with Gasteiger partial charge in [0.2, 0.25) is 11.0 Å². The van der Waals surface area contributed by atoms with E-state index in [-0.39, 0.29) is 16.8 Å². The number of rotatable bonds is 7. The van der Waals surface area contributed by atoms with Gasteiger partial charge in [-0.25, -0.2) is 0 Å². The number of amides is 2. The van der Waals surface area contributed by atoms with Gasteiger partial charge < -0.3 is 16.4 Å². The van der Waals surface area contributed by atoms with Gasteiger partial charge in [0.05, 0.1) is 11.3 Å². The van der Waals surface area contributed by atoms with E-state index >= 15 is 0 Å². The standard InChI is InChI=1S/C14H14F3N5O2S3/c15-14(16,17)5-19-12-21-22-13(27-12)25-4-8(23)20-11-9(10(18)24)6-2-1-3-7(6)26-11/h1-5H2,(H2,18,24)(H,19,21)(H,20,23). The lowest BCUT2D eigenvalue weighted by Crippen LogP contribution is -2.21. The molecular formula is C14H14F3N5O2S3. The third-order valence-corrected chi connectivity index (χ3v) is 6.82. The normalized spacial score (nSPS) is 13.4. The third kappa shape index (κ3) is 5.11. The average Bonchev–Trinajstić information content (AvgIpc) is 3.25. The zero-order valence-electron chi connectivity index (χ0n) is 13.7.